The van der Waals surface area contributed by atoms with Crippen molar-refractivity contribution >= 4 is 11.6 Å². The van der Waals surface area contributed by atoms with Crippen LogP contribution < -0.4 is 0 Å². The molecule has 0 amide bonds. The molecule has 0 saturated carbocycles. The highest BCUT2D eigenvalue weighted by Gasteiger charge is 2.32. The van der Waals surface area contributed by atoms with Gasteiger partial charge in [0.1, 0.15) is 17.2 Å². The van der Waals surface area contributed by atoms with Crippen molar-refractivity contribution in [2.75, 3.05) is 0 Å². The van der Waals surface area contributed by atoms with Crippen LogP contribution in [0.3, 0.4) is 0 Å². The summed E-state index contributed by atoms with van der Waals surface area (Å²) in [6, 6.07) is 6.85. The van der Waals surface area contributed by atoms with Crippen LogP contribution in [-0.2, 0) is 6.42 Å². The summed E-state index contributed by atoms with van der Waals surface area (Å²) in [5.41, 5.74) is 1.48. The Morgan fingerprint density at radius 3 is 2.41 bits per heavy atom. The molecular formula is C13H10N2O2. The molecule has 0 fully saturated rings. The van der Waals surface area contributed by atoms with Crippen LogP contribution in [0, 0.1) is 0 Å². The van der Waals surface area contributed by atoms with Crippen LogP contribution in [0.1, 0.15) is 44.9 Å². The number of imidazole rings is 1. The first-order chi connectivity index (χ1) is 8.22. The molecule has 0 bridgehead atoms. The number of benzene rings is 1. The zero-order valence-electron chi connectivity index (χ0n) is 9.28. The molecule has 4 nitrogen and oxygen atoms in total. The van der Waals surface area contributed by atoms with Gasteiger partial charge in [0, 0.05) is 17.5 Å². The molecule has 1 aliphatic rings. The van der Waals surface area contributed by atoms with E-state index in [2.05, 4.69) is 9.97 Å². The highest BCUT2D eigenvalue weighted by Crippen LogP contribution is 2.25. The molecule has 0 radical (unpaired) electrons. The van der Waals surface area contributed by atoms with E-state index in [1.165, 1.54) is 0 Å². The Balaban J connectivity index is 2.27. The third-order valence-corrected chi connectivity index (χ3v) is 2.95. The van der Waals surface area contributed by atoms with E-state index in [1.54, 1.807) is 24.3 Å². The smallest absolute Gasteiger partial charge is 0.214 e. The molecule has 3 rings (SSSR count). The van der Waals surface area contributed by atoms with Crippen LogP contribution in [0.15, 0.2) is 24.3 Å². The molecule has 0 spiro atoms. The molecule has 1 N–H and O–H groups in total. The summed E-state index contributed by atoms with van der Waals surface area (Å²) in [4.78, 5) is 31.4. The maximum Gasteiger partial charge on any atom is 0.214 e. The van der Waals surface area contributed by atoms with Crippen LogP contribution in [0.5, 0.6) is 0 Å². The standard InChI is InChI=1S/C13H10N2O2/c1-2-9-14-10-11(15-9)13(17)8-6-4-3-5-7(8)12(10)16/h3-6H,2H2,1H3,(H,14,15). The van der Waals surface area contributed by atoms with Crippen molar-refractivity contribution in [1.82, 2.24) is 9.97 Å². The monoisotopic (exact) mass is 226 g/mol. The van der Waals surface area contributed by atoms with Gasteiger partial charge in [-0.05, 0) is 0 Å². The molecule has 1 aliphatic carbocycles. The summed E-state index contributed by atoms with van der Waals surface area (Å²) in [5.74, 6) is 0.345. The van der Waals surface area contributed by atoms with Gasteiger partial charge < -0.3 is 4.98 Å². The minimum atomic E-state index is -0.175. The SMILES string of the molecule is CCc1nc2c([nH]1)C(=O)c1ccccc1C2=O. The number of hydrogen-bond acceptors (Lipinski definition) is 3. The van der Waals surface area contributed by atoms with E-state index in [1.807, 2.05) is 6.92 Å². The Bertz CT molecular complexity index is 588. The van der Waals surface area contributed by atoms with Crippen LogP contribution in [0.2, 0.25) is 0 Å². The Morgan fingerprint density at radius 1 is 1.12 bits per heavy atom. The molecule has 0 saturated heterocycles. The molecule has 1 heterocycles. The zero-order valence-corrected chi connectivity index (χ0v) is 9.28. The maximum atomic E-state index is 12.2. The number of nitrogens with one attached hydrogen (secondary N) is 1. The van der Waals surface area contributed by atoms with Crippen molar-refractivity contribution in [2.45, 2.75) is 13.3 Å². The quantitative estimate of drug-likeness (QED) is 0.687. The highest BCUT2D eigenvalue weighted by molar-refractivity contribution is 6.26. The summed E-state index contributed by atoms with van der Waals surface area (Å²) >= 11 is 0. The molecule has 4 heteroatoms. The van der Waals surface area contributed by atoms with Crippen molar-refractivity contribution in [3.63, 3.8) is 0 Å². The Kier molecular flexibility index (Phi) is 1.98. The number of aryl methyl sites for hydroxylation is 1. The second-order valence-electron chi connectivity index (χ2n) is 3.96. The predicted molar refractivity (Wildman–Crippen MR) is 61.3 cm³/mol. The van der Waals surface area contributed by atoms with Crippen LogP contribution in [-0.4, -0.2) is 21.5 Å². The average molecular weight is 226 g/mol. The molecule has 1 aromatic carbocycles. The number of nitrogens with zero attached hydrogens (tertiary/aromatic N) is 1. The fourth-order valence-corrected chi connectivity index (χ4v) is 2.06. The van der Waals surface area contributed by atoms with E-state index in [0.29, 0.717) is 29.1 Å². The molecule has 2 aromatic rings. The van der Waals surface area contributed by atoms with Gasteiger partial charge in [-0.15, -0.1) is 0 Å². The summed E-state index contributed by atoms with van der Waals surface area (Å²) in [6.07, 6.45) is 0.671. The van der Waals surface area contributed by atoms with Crippen molar-refractivity contribution < 1.29 is 9.59 Å². The average Bonchev–Trinajstić information content (AvgIpc) is 2.80. The van der Waals surface area contributed by atoms with Crippen molar-refractivity contribution in [2.24, 2.45) is 0 Å². The Hall–Kier alpha value is -2.23. The van der Waals surface area contributed by atoms with E-state index >= 15 is 0 Å². The lowest BCUT2D eigenvalue weighted by molar-refractivity contribution is 0.0974. The third-order valence-electron chi connectivity index (χ3n) is 2.95. The van der Waals surface area contributed by atoms with Gasteiger partial charge in [-0.3, -0.25) is 9.59 Å². The van der Waals surface area contributed by atoms with Crippen molar-refractivity contribution in [3.8, 4) is 0 Å². The van der Waals surface area contributed by atoms with Crippen molar-refractivity contribution in [1.29, 1.82) is 0 Å². The van der Waals surface area contributed by atoms with E-state index in [0.717, 1.165) is 0 Å². The molecular weight excluding hydrogens is 216 g/mol. The number of fused-ring (bicyclic) bond motifs is 2. The summed E-state index contributed by atoms with van der Waals surface area (Å²) < 4.78 is 0. The van der Waals surface area contributed by atoms with Gasteiger partial charge in [0.2, 0.25) is 11.6 Å². The first kappa shape index (κ1) is 9.96. The Labute approximate surface area is 97.7 Å². The van der Waals surface area contributed by atoms with Crippen LogP contribution in [0.4, 0.5) is 0 Å². The second-order valence-corrected chi connectivity index (χ2v) is 3.96. The normalized spacial score (nSPS) is 13.5. The minimum Gasteiger partial charge on any atom is -0.339 e. The number of aromatic amines is 1. The lowest BCUT2D eigenvalue weighted by atomic mass is 9.90. The number of aromatic nitrogens is 2. The first-order valence-electron chi connectivity index (χ1n) is 5.49. The second kappa shape index (κ2) is 3.38. The number of hydrogen-bond donors (Lipinski definition) is 1. The lowest BCUT2D eigenvalue weighted by Gasteiger charge is -2.11. The largest absolute Gasteiger partial charge is 0.339 e. The van der Waals surface area contributed by atoms with Gasteiger partial charge in [0.05, 0.1) is 0 Å². The first-order valence-corrected chi connectivity index (χ1v) is 5.49. The van der Waals surface area contributed by atoms with Gasteiger partial charge in [-0.1, -0.05) is 31.2 Å². The molecule has 1 aromatic heterocycles. The topological polar surface area (TPSA) is 62.8 Å². The van der Waals surface area contributed by atoms with Crippen LogP contribution >= 0.6 is 0 Å². The van der Waals surface area contributed by atoms with E-state index in [9.17, 15) is 9.59 Å². The number of carbonyl (C=O) groups is 2. The third kappa shape index (κ3) is 1.27. The van der Waals surface area contributed by atoms with Crippen molar-refractivity contribution in [3.05, 3.63) is 52.6 Å². The highest BCUT2D eigenvalue weighted by atomic mass is 16.1. The van der Waals surface area contributed by atoms with Gasteiger partial charge in [-0.25, -0.2) is 4.98 Å². The van der Waals surface area contributed by atoms with Gasteiger partial charge in [-0.2, -0.15) is 0 Å². The fourth-order valence-electron chi connectivity index (χ4n) is 2.06. The van der Waals surface area contributed by atoms with Gasteiger partial charge in [0.25, 0.3) is 0 Å². The number of ketones is 2. The number of rotatable bonds is 1. The number of H-pyrrole nitrogens is 1. The molecule has 84 valence electrons. The molecule has 0 unspecified atom stereocenters. The fraction of sp³-hybridized carbons (Fsp3) is 0.154. The summed E-state index contributed by atoms with van der Waals surface area (Å²) in [5, 5.41) is 0. The van der Waals surface area contributed by atoms with E-state index in [-0.39, 0.29) is 17.3 Å². The van der Waals surface area contributed by atoms with Gasteiger partial charge in [0.15, 0.2) is 0 Å². The Morgan fingerprint density at radius 2 is 1.76 bits per heavy atom. The van der Waals surface area contributed by atoms with E-state index in [4.69, 9.17) is 0 Å². The lowest BCUT2D eigenvalue weighted by Crippen LogP contribution is -2.20. The molecule has 0 atom stereocenters. The van der Waals surface area contributed by atoms with Crippen LogP contribution in [0.25, 0.3) is 0 Å². The van der Waals surface area contributed by atoms with Gasteiger partial charge >= 0.3 is 0 Å². The predicted octanol–water partition coefficient (Wildman–Crippen LogP) is 1.75. The zero-order chi connectivity index (χ0) is 12.0. The molecule has 17 heavy (non-hydrogen) atoms. The number of carbonyl (C=O) groups excluding carboxylic acids is 2. The summed E-state index contributed by atoms with van der Waals surface area (Å²) in [6.45, 7) is 1.92. The maximum absolute atomic E-state index is 12.2. The minimum absolute atomic E-state index is 0.151. The summed E-state index contributed by atoms with van der Waals surface area (Å²) in [7, 11) is 0. The molecule has 0 aliphatic heterocycles. The van der Waals surface area contributed by atoms with E-state index < -0.39 is 0 Å².